The minimum Gasteiger partial charge on any atom is -0.319 e. The van der Waals surface area contributed by atoms with Crippen LogP contribution in [0, 0.1) is 5.92 Å². The Hall–Kier alpha value is -0.0800. The molecule has 2 nitrogen and oxygen atoms in total. The van der Waals surface area contributed by atoms with Crippen LogP contribution in [0.2, 0.25) is 0 Å². The van der Waals surface area contributed by atoms with Crippen LogP contribution in [0.1, 0.15) is 25.7 Å². The van der Waals surface area contributed by atoms with Gasteiger partial charge in [0.05, 0.1) is 0 Å². The first-order valence-corrected chi connectivity index (χ1v) is 4.68. The number of rotatable bonds is 3. The third-order valence-electron chi connectivity index (χ3n) is 2.68. The van der Waals surface area contributed by atoms with E-state index in [2.05, 4.69) is 17.7 Å². The van der Waals surface area contributed by atoms with Crippen LogP contribution in [0.4, 0.5) is 0 Å². The van der Waals surface area contributed by atoms with Crippen molar-refractivity contribution in [2.75, 3.05) is 20.6 Å². The molecule has 0 amide bonds. The van der Waals surface area contributed by atoms with Crippen molar-refractivity contribution in [2.45, 2.75) is 31.7 Å². The van der Waals surface area contributed by atoms with Crippen molar-refractivity contribution in [1.29, 1.82) is 0 Å². The normalized spacial score (nSPS) is 32.2. The lowest BCUT2D eigenvalue weighted by Crippen LogP contribution is -2.34. The molecule has 2 heteroatoms. The average Bonchev–Trinajstić information content (AvgIpc) is 2.06. The highest BCUT2D eigenvalue weighted by atomic mass is 14.9. The number of hydrogen-bond donors (Lipinski definition) is 2. The van der Waals surface area contributed by atoms with Crippen molar-refractivity contribution >= 4 is 0 Å². The zero-order chi connectivity index (χ0) is 8.10. The van der Waals surface area contributed by atoms with Crippen LogP contribution in [-0.2, 0) is 0 Å². The lowest BCUT2D eigenvalue weighted by Gasteiger charge is -2.28. The maximum absolute atomic E-state index is 3.36. The summed E-state index contributed by atoms with van der Waals surface area (Å²) in [5.74, 6) is 0.909. The van der Waals surface area contributed by atoms with Crippen molar-refractivity contribution in [3.8, 4) is 0 Å². The first-order valence-electron chi connectivity index (χ1n) is 4.68. The fourth-order valence-electron chi connectivity index (χ4n) is 2.03. The summed E-state index contributed by atoms with van der Waals surface area (Å²) >= 11 is 0. The van der Waals surface area contributed by atoms with Gasteiger partial charge in [0.1, 0.15) is 0 Å². The maximum Gasteiger partial charge on any atom is 0.00671 e. The highest BCUT2D eigenvalue weighted by Crippen LogP contribution is 2.23. The topological polar surface area (TPSA) is 24.1 Å². The van der Waals surface area contributed by atoms with E-state index in [-0.39, 0.29) is 0 Å². The lowest BCUT2D eigenvalue weighted by molar-refractivity contribution is 0.291. The summed E-state index contributed by atoms with van der Waals surface area (Å²) in [6.45, 7) is 1.19. The molecule has 1 rings (SSSR count). The van der Waals surface area contributed by atoms with Crippen molar-refractivity contribution in [3.05, 3.63) is 0 Å². The summed E-state index contributed by atoms with van der Waals surface area (Å²) in [4.78, 5) is 0. The summed E-state index contributed by atoms with van der Waals surface area (Å²) in [5, 5.41) is 6.62. The van der Waals surface area contributed by atoms with Crippen LogP contribution in [0.3, 0.4) is 0 Å². The number of nitrogens with one attached hydrogen (secondary N) is 2. The molecule has 0 aliphatic heterocycles. The Balaban J connectivity index is 2.21. The molecule has 0 saturated heterocycles. The van der Waals surface area contributed by atoms with E-state index in [0.717, 1.165) is 12.0 Å². The van der Waals surface area contributed by atoms with E-state index in [1.165, 1.54) is 32.2 Å². The molecule has 0 spiro atoms. The molecule has 2 atom stereocenters. The largest absolute Gasteiger partial charge is 0.319 e. The molecule has 0 bridgehead atoms. The van der Waals surface area contributed by atoms with Crippen LogP contribution in [-0.4, -0.2) is 26.7 Å². The second kappa shape index (κ2) is 4.73. The fraction of sp³-hybridized carbons (Fsp3) is 1.00. The molecule has 0 aromatic carbocycles. The molecule has 0 heterocycles. The molecular weight excluding hydrogens is 136 g/mol. The molecule has 0 aromatic rings. The first-order chi connectivity index (χ1) is 5.36. The lowest BCUT2D eigenvalue weighted by atomic mass is 9.86. The zero-order valence-corrected chi connectivity index (χ0v) is 7.69. The van der Waals surface area contributed by atoms with E-state index in [1.54, 1.807) is 0 Å². The Kier molecular flexibility index (Phi) is 3.87. The van der Waals surface area contributed by atoms with E-state index in [4.69, 9.17) is 0 Å². The smallest absolute Gasteiger partial charge is 0.00671 e. The summed E-state index contributed by atoms with van der Waals surface area (Å²) < 4.78 is 0. The van der Waals surface area contributed by atoms with Crippen LogP contribution in [0.25, 0.3) is 0 Å². The summed E-state index contributed by atoms with van der Waals surface area (Å²) in [7, 11) is 4.12. The Morgan fingerprint density at radius 2 is 2.09 bits per heavy atom. The SMILES string of the molecule is CNCC1CCCC(NC)C1. The summed E-state index contributed by atoms with van der Waals surface area (Å²) in [6, 6.07) is 0.780. The molecular formula is C9H20N2. The molecule has 1 aliphatic rings. The van der Waals surface area contributed by atoms with Crippen LogP contribution in [0.5, 0.6) is 0 Å². The van der Waals surface area contributed by atoms with Gasteiger partial charge in [-0.25, -0.2) is 0 Å². The monoisotopic (exact) mass is 156 g/mol. The quantitative estimate of drug-likeness (QED) is 0.636. The van der Waals surface area contributed by atoms with Crippen LogP contribution in [0.15, 0.2) is 0 Å². The van der Waals surface area contributed by atoms with Gasteiger partial charge in [-0.05, 0) is 45.8 Å². The molecule has 66 valence electrons. The Labute approximate surface area is 69.8 Å². The highest BCUT2D eigenvalue weighted by Gasteiger charge is 2.19. The van der Waals surface area contributed by atoms with Gasteiger partial charge in [-0.3, -0.25) is 0 Å². The minimum atomic E-state index is 0.780. The predicted molar refractivity (Wildman–Crippen MR) is 48.7 cm³/mol. The molecule has 0 aromatic heterocycles. The standard InChI is InChI=1S/C9H20N2/c1-10-7-8-4-3-5-9(6-8)11-2/h8-11H,3-7H2,1-2H3. The second-order valence-electron chi connectivity index (χ2n) is 3.58. The van der Waals surface area contributed by atoms with Crippen molar-refractivity contribution < 1.29 is 0 Å². The van der Waals surface area contributed by atoms with Gasteiger partial charge in [0, 0.05) is 6.04 Å². The van der Waals surface area contributed by atoms with Crippen LogP contribution < -0.4 is 10.6 Å². The van der Waals surface area contributed by atoms with Crippen molar-refractivity contribution in [2.24, 2.45) is 5.92 Å². The highest BCUT2D eigenvalue weighted by molar-refractivity contribution is 4.77. The molecule has 1 fully saturated rings. The third kappa shape index (κ3) is 2.80. The van der Waals surface area contributed by atoms with Gasteiger partial charge in [-0.1, -0.05) is 6.42 Å². The predicted octanol–water partition coefficient (Wildman–Crippen LogP) is 0.984. The minimum absolute atomic E-state index is 0.780. The van der Waals surface area contributed by atoms with Gasteiger partial charge in [0.2, 0.25) is 0 Å². The Morgan fingerprint density at radius 1 is 1.27 bits per heavy atom. The van der Waals surface area contributed by atoms with Crippen LogP contribution >= 0.6 is 0 Å². The van der Waals surface area contributed by atoms with Gasteiger partial charge in [0.25, 0.3) is 0 Å². The first kappa shape index (κ1) is 9.01. The number of hydrogen-bond acceptors (Lipinski definition) is 2. The molecule has 0 radical (unpaired) electrons. The van der Waals surface area contributed by atoms with E-state index in [0.29, 0.717) is 0 Å². The Morgan fingerprint density at radius 3 is 2.73 bits per heavy atom. The van der Waals surface area contributed by atoms with E-state index >= 15 is 0 Å². The maximum atomic E-state index is 3.36. The summed E-state index contributed by atoms with van der Waals surface area (Å²) in [5.41, 5.74) is 0. The third-order valence-corrected chi connectivity index (χ3v) is 2.68. The van der Waals surface area contributed by atoms with Gasteiger partial charge >= 0.3 is 0 Å². The van der Waals surface area contributed by atoms with E-state index in [1.807, 2.05) is 7.05 Å². The molecule has 2 N–H and O–H groups in total. The fourth-order valence-corrected chi connectivity index (χ4v) is 2.03. The molecule has 2 unspecified atom stereocenters. The van der Waals surface area contributed by atoms with E-state index in [9.17, 15) is 0 Å². The van der Waals surface area contributed by atoms with E-state index < -0.39 is 0 Å². The van der Waals surface area contributed by atoms with Gasteiger partial charge in [-0.15, -0.1) is 0 Å². The molecule has 1 aliphatic carbocycles. The average molecular weight is 156 g/mol. The van der Waals surface area contributed by atoms with Crippen molar-refractivity contribution in [1.82, 2.24) is 10.6 Å². The van der Waals surface area contributed by atoms with Gasteiger partial charge in [-0.2, -0.15) is 0 Å². The van der Waals surface area contributed by atoms with Gasteiger partial charge < -0.3 is 10.6 Å². The Bertz CT molecular complexity index is 102. The van der Waals surface area contributed by atoms with Crippen molar-refractivity contribution in [3.63, 3.8) is 0 Å². The summed E-state index contributed by atoms with van der Waals surface area (Å²) in [6.07, 6.45) is 5.55. The molecule has 11 heavy (non-hydrogen) atoms. The molecule has 1 saturated carbocycles. The second-order valence-corrected chi connectivity index (χ2v) is 3.58. The zero-order valence-electron chi connectivity index (χ0n) is 7.69. The van der Waals surface area contributed by atoms with Gasteiger partial charge in [0.15, 0.2) is 0 Å².